The Hall–Kier alpha value is -1.53. The molecule has 0 bridgehead atoms. The second kappa shape index (κ2) is 6.53. The molecule has 1 aromatic rings. The van der Waals surface area contributed by atoms with Crippen molar-refractivity contribution in [2.75, 3.05) is 5.32 Å². The fraction of sp³-hybridized carbons (Fsp3) is 0.533. The molecule has 2 N–H and O–H groups in total. The number of hydrogen-bond donors (Lipinski definition) is 2. The van der Waals surface area contributed by atoms with Crippen molar-refractivity contribution in [1.82, 2.24) is 4.98 Å². The third kappa shape index (κ3) is 4.97. The molecular weight excluding hydrogens is 343 g/mol. The number of pyridine rings is 1. The second-order valence-corrected chi connectivity index (χ2v) is 7.72. The van der Waals surface area contributed by atoms with Gasteiger partial charge in [0.15, 0.2) is 0 Å². The third-order valence-corrected chi connectivity index (χ3v) is 3.25. The predicted octanol–water partition coefficient (Wildman–Crippen LogP) is 4.73. The maximum atomic E-state index is 12.1. The summed E-state index contributed by atoms with van der Waals surface area (Å²) in [6, 6.07) is 0. The van der Waals surface area contributed by atoms with Gasteiger partial charge < -0.3 is 9.84 Å². The summed E-state index contributed by atoms with van der Waals surface area (Å²) in [5.74, 6) is -1.32. The summed E-state index contributed by atoms with van der Waals surface area (Å²) in [4.78, 5) is 27.5. The maximum Gasteiger partial charge on any atom is 0.412 e. The van der Waals surface area contributed by atoms with Gasteiger partial charge >= 0.3 is 12.1 Å². The molecule has 0 aliphatic heterocycles. The van der Waals surface area contributed by atoms with E-state index in [0.717, 1.165) is 0 Å². The highest BCUT2D eigenvalue weighted by molar-refractivity contribution is 6.36. The van der Waals surface area contributed by atoms with Gasteiger partial charge in [-0.3, -0.25) is 5.32 Å². The molecule has 8 heteroatoms. The minimum Gasteiger partial charge on any atom is -0.478 e. The molecule has 0 atom stereocenters. The van der Waals surface area contributed by atoms with Crippen molar-refractivity contribution in [2.24, 2.45) is 0 Å². The SMILES string of the molecule is CC(C)(C)OC(=O)Nc1c(C(=O)O)c(Cl)nc(Cl)c1C(C)(C)C. The monoisotopic (exact) mass is 362 g/mol. The molecule has 23 heavy (non-hydrogen) atoms. The van der Waals surface area contributed by atoms with E-state index < -0.39 is 23.1 Å². The van der Waals surface area contributed by atoms with E-state index in [-0.39, 0.29) is 21.6 Å². The Kier molecular flexibility index (Phi) is 5.54. The number of halogens is 2. The second-order valence-electron chi connectivity index (χ2n) is 7.00. The summed E-state index contributed by atoms with van der Waals surface area (Å²) in [5, 5.41) is 11.6. The summed E-state index contributed by atoms with van der Waals surface area (Å²) >= 11 is 12.0. The normalized spacial score (nSPS) is 12.0. The lowest BCUT2D eigenvalue weighted by Gasteiger charge is -2.26. The average Bonchev–Trinajstić information content (AvgIpc) is 2.21. The predicted molar refractivity (Wildman–Crippen MR) is 89.8 cm³/mol. The van der Waals surface area contributed by atoms with Crippen molar-refractivity contribution in [1.29, 1.82) is 0 Å². The maximum absolute atomic E-state index is 12.1. The van der Waals surface area contributed by atoms with Crippen LogP contribution < -0.4 is 5.32 Å². The van der Waals surface area contributed by atoms with E-state index in [1.165, 1.54) is 0 Å². The van der Waals surface area contributed by atoms with Crippen molar-refractivity contribution >= 4 is 41.0 Å². The number of hydrogen-bond acceptors (Lipinski definition) is 4. The molecule has 0 aromatic carbocycles. The quantitative estimate of drug-likeness (QED) is 0.742. The fourth-order valence-corrected chi connectivity index (χ4v) is 2.71. The topological polar surface area (TPSA) is 88.5 Å². The minimum absolute atomic E-state index is 0.00995. The van der Waals surface area contributed by atoms with Gasteiger partial charge in [-0.1, -0.05) is 44.0 Å². The van der Waals surface area contributed by atoms with E-state index in [2.05, 4.69) is 10.3 Å². The van der Waals surface area contributed by atoms with E-state index in [9.17, 15) is 14.7 Å². The molecule has 0 radical (unpaired) electrons. The first-order chi connectivity index (χ1) is 10.2. The zero-order valence-electron chi connectivity index (χ0n) is 13.9. The third-order valence-electron chi connectivity index (χ3n) is 2.70. The Balaban J connectivity index is 3.53. The fourth-order valence-electron chi connectivity index (χ4n) is 1.94. The Labute approximate surface area is 145 Å². The molecule has 0 fully saturated rings. The highest BCUT2D eigenvalue weighted by Gasteiger charge is 2.31. The van der Waals surface area contributed by atoms with Crippen LogP contribution in [0.4, 0.5) is 10.5 Å². The van der Waals surface area contributed by atoms with Gasteiger partial charge in [0.05, 0.1) is 5.69 Å². The van der Waals surface area contributed by atoms with E-state index in [1.54, 1.807) is 20.8 Å². The summed E-state index contributed by atoms with van der Waals surface area (Å²) in [6.07, 6.45) is -0.802. The number of rotatable bonds is 2. The number of anilines is 1. The number of carbonyl (C=O) groups is 2. The lowest BCUT2D eigenvalue weighted by atomic mass is 9.86. The van der Waals surface area contributed by atoms with Crippen LogP contribution in [-0.2, 0) is 10.2 Å². The number of nitrogens with one attached hydrogen (secondary N) is 1. The first-order valence-electron chi connectivity index (χ1n) is 6.87. The first kappa shape index (κ1) is 19.5. The number of aromatic nitrogens is 1. The van der Waals surface area contributed by atoms with Gasteiger partial charge in [-0.25, -0.2) is 14.6 Å². The van der Waals surface area contributed by atoms with Gasteiger partial charge in [-0.2, -0.15) is 0 Å². The molecule has 128 valence electrons. The van der Waals surface area contributed by atoms with Gasteiger partial charge in [-0.05, 0) is 26.2 Å². The van der Waals surface area contributed by atoms with Crippen LogP contribution in [0.2, 0.25) is 10.3 Å². The Morgan fingerprint density at radius 2 is 1.61 bits per heavy atom. The molecule has 1 heterocycles. The zero-order valence-corrected chi connectivity index (χ0v) is 15.4. The van der Waals surface area contributed by atoms with E-state index in [0.29, 0.717) is 5.56 Å². The molecular formula is C15H20Cl2N2O4. The number of ether oxygens (including phenoxy) is 1. The average molecular weight is 363 g/mol. The highest BCUT2D eigenvalue weighted by atomic mass is 35.5. The van der Waals surface area contributed by atoms with Gasteiger partial charge in [0.25, 0.3) is 0 Å². The molecule has 0 saturated carbocycles. The van der Waals surface area contributed by atoms with Crippen molar-refractivity contribution < 1.29 is 19.4 Å². The van der Waals surface area contributed by atoms with Crippen LogP contribution in [0.1, 0.15) is 57.5 Å². The summed E-state index contributed by atoms with van der Waals surface area (Å²) < 4.78 is 5.17. The number of aromatic carboxylic acids is 1. The molecule has 0 aliphatic carbocycles. The largest absolute Gasteiger partial charge is 0.478 e. The summed E-state index contributed by atoms with van der Waals surface area (Å²) in [5.41, 5.74) is -1.29. The van der Waals surface area contributed by atoms with Gasteiger partial charge in [0.1, 0.15) is 21.5 Å². The minimum atomic E-state index is -1.32. The number of nitrogens with zero attached hydrogens (tertiary/aromatic N) is 1. The Bertz CT molecular complexity index is 646. The molecule has 0 saturated heterocycles. The van der Waals surface area contributed by atoms with Crippen LogP contribution in [0.15, 0.2) is 0 Å². The van der Waals surface area contributed by atoms with Gasteiger partial charge in [0.2, 0.25) is 0 Å². The van der Waals surface area contributed by atoms with Crippen LogP contribution in [0.5, 0.6) is 0 Å². The lowest BCUT2D eigenvalue weighted by Crippen LogP contribution is -2.29. The molecule has 1 rings (SSSR count). The smallest absolute Gasteiger partial charge is 0.412 e. The molecule has 0 aliphatic rings. The van der Waals surface area contributed by atoms with E-state index >= 15 is 0 Å². The number of amides is 1. The van der Waals surface area contributed by atoms with Crippen molar-refractivity contribution in [3.8, 4) is 0 Å². The zero-order chi connectivity index (χ0) is 18.2. The van der Waals surface area contributed by atoms with Crippen molar-refractivity contribution in [3.05, 3.63) is 21.4 Å². The molecule has 0 spiro atoms. The molecule has 1 aromatic heterocycles. The molecule has 0 unspecified atom stereocenters. The molecule has 6 nitrogen and oxygen atoms in total. The summed E-state index contributed by atoms with van der Waals surface area (Å²) in [6.45, 7) is 10.5. The van der Waals surface area contributed by atoms with Crippen LogP contribution in [-0.4, -0.2) is 27.8 Å². The van der Waals surface area contributed by atoms with E-state index in [4.69, 9.17) is 27.9 Å². The number of carboxylic acid groups (broad SMARTS) is 1. The lowest BCUT2D eigenvalue weighted by molar-refractivity contribution is 0.0635. The number of carboxylic acids is 1. The Morgan fingerprint density at radius 1 is 1.09 bits per heavy atom. The van der Waals surface area contributed by atoms with Gasteiger partial charge in [0, 0.05) is 5.56 Å². The van der Waals surface area contributed by atoms with Crippen LogP contribution in [0.25, 0.3) is 0 Å². The van der Waals surface area contributed by atoms with E-state index in [1.807, 2.05) is 20.8 Å². The first-order valence-corrected chi connectivity index (χ1v) is 7.62. The highest BCUT2D eigenvalue weighted by Crippen LogP contribution is 2.39. The van der Waals surface area contributed by atoms with Crippen LogP contribution >= 0.6 is 23.2 Å². The van der Waals surface area contributed by atoms with Gasteiger partial charge in [-0.15, -0.1) is 0 Å². The summed E-state index contributed by atoms with van der Waals surface area (Å²) in [7, 11) is 0. The molecule has 1 amide bonds. The van der Waals surface area contributed by atoms with Crippen LogP contribution in [0, 0.1) is 0 Å². The number of carbonyl (C=O) groups excluding carboxylic acids is 1. The van der Waals surface area contributed by atoms with Crippen LogP contribution in [0.3, 0.4) is 0 Å². The standard InChI is InChI=1S/C15H20Cl2N2O4/c1-14(2,3)8-9(18-13(22)23-15(4,5)6)7(12(20)21)10(16)19-11(8)17/h1-6H3,(H,20,21)(H,18,19,22). The Morgan fingerprint density at radius 3 is 2.00 bits per heavy atom. The van der Waals surface area contributed by atoms with Crippen molar-refractivity contribution in [3.63, 3.8) is 0 Å². The van der Waals surface area contributed by atoms with Crippen molar-refractivity contribution in [2.45, 2.75) is 52.6 Å².